The zero-order chi connectivity index (χ0) is 22.0. The van der Waals surface area contributed by atoms with Crippen LogP contribution in [0.1, 0.15) is 39.9 Å². The van der Waals surface area contributed by atoms with Crippen molar-refractivity contribution < 1.29 is 19.4 Å². The van der Waals surface area contributed by atoms with Crippen molar-refractivity contribution in [3.05, 3.63) is 76.9 Å². The van der Waals surface area contributed by atoms with Gasteiger partial charge in [-0.15, -0.1) is 0 Å². The number of hydrogen-bond donors (Lipinski definition) is 1. The number of aliphatic hydroxyl groups excluding tert-OH is 1. The zero-order valence-electron chi connectivity index (χ0n) is 17.9. The van der Waals surface area contributed by atoms with Gasteiger partial charge in [-0.3, -0.25) is 9.69 Å². The van der Waals surface area contributed by atoms with E-state index >= 15 is 0 Å². The lowest BCUT2D eigenvalue weighted by Crippen LogP contribution is -2.72. The maximum atomic E-state index is 12.8. The van der Waals surface area contributed by atoms with Crippen LogP contribution in [0.25, 0.3) is 6.08 Å². The Labute approximate surface area is 182 Å². The Morgan fingerprint density at radius 2 is 1.87 bits per heavy atom. The lowest BCUT2D eigenvalue weighted by atomic mass is 9.73. The maximum absolute atomic E-state index is 12.8. The highest BCUT2D eigenvalue weighted by atomic mass is 16.5. The van der Waals surface area contributed by atoms with Gasteiger partial charge in [-0.25, -0.2) is 4.79 Å². The van der Waals surface area contributed by atoms with E-state index in [1.807, 2.05) is 30.0 Å². The first-order valence-corrected chi connectivity index (χ1v) is 10.6. The van der Waals surface area contributed by atoms with Crippen LogP contribution in [0.2, 0.25) is 0 Å². The molecule has 0 saturated carbocycles. The van der Waals surface area contributed by atoms with Crippen LogP contribution in [0.5, 0.6) is 0 Å². The normalized spacial score (nSPS) is 23.5. The van der Waals surface area contributed by atoms with E-state index in [1.54, 1.807) is 12.1 Å². The highest BCUT2D eigenvalue weighted by molar-refractivity contribution is 5.89. The van der Waals surface area contributed by atoms with Crippen molar-refractivity contribution in [3.63, 3.8) is 0 Å². The van der Waals surface area contributed by atoms with Crippen LogP contribution in [-0.4, -0.2) is 65.7 Å². The molecular weight excluding hydrogens is 392 g/mol. The third kappa shape index (κ3) is 4.13. The highest BCUT2D eigenvalue weighted by Crippen LogP contribution is 2.43. The summed E-state index contributed by atoms with van der Waals surface area (Å²) in [4.78, 5) is 28.5. The minimum absolute atomic E-state index is 0.0293. The quantitative estimate of drug-likeness (QED) is 0.728. The van der Waals surface area contributed by atoms with Crippen LogP contribution in [0.15, 0.2) is 54.6 Å². The van der Waals surface area contributed by atoms with Gasteiger partial charge in [0.2, 0.25) is 5.91 Å². The zero-order valence-corrected chi connectivity index (χ0v) is 17.9. The molecule has 2 aliphatic rings. The summed E-state index contributed by atoms with van der Waals surface area (Å²) in [6.07, 6.45) is 4.06. The fraction of sp³-hybridized carbons (Fsp3) is 0.360. The molecule has 1 N–H and O–H groups in total. The van der Waals surface area contributed by atoms with Crippen molar-refractivity contribution in [2.45, 2.75) is 31.5 Å². The predicted molar refractivity (Wildman–Crippen MR) is 118 cm³/mol. The maximum Gasteiger partial charge on any atom is 0.337 e. The number of carbonyl (C=O) groups excluding carboxylic acids is 2. The fourth-order valence-electron chi connectivity index (χ4n) is 4.83. The van der Waals surface area contributed by atoms with Gasteiger partial charge < -0.3 is 14.7 Å². The number of piperazine rings is 1. The van der Waals surface area contributed by atoms with E-state index in [9.17, 15) is 14.7 Å². The molecule has 0 aromatic heterocycles. The molecule has 2 aromatic rings. The van der Waals surface area contributed by atoms with Gasteiger partial charge in [0.05, 0.1) is 37.9 Å². The van der Waals surface area contributed by atoms with E-state index in [4.69, 9.17) is 4.74 Å². The number of nitrogens with zero attached hydrogens (tertiary/aromatic N) is 2. The van der Waals surface area contributed by atoms with Crippen LogP contribution in [-0.2, 0) is 16.1 Å². The average molecular weight is 421 g/mol. The van der Waals surface area contributed by atoms with Gasteiger partial charge in [0, 0.05) is 19.0 Å². The molecule has 0 aliphatic carbocycles. The molecule has 3 atom stereocenters. The molecule has 4 rings (SSSR count). The van der Waals surface area contributed by atoms with E-state index in [1.165, 1.54) is 7.11 Å². The lowest BCUT2D eigenvalue weighted by Gasteiger charge is -2.59. The van der Waals surface area contributed by atoms with E-state index in [0.717, 1.165) is 23.2 Å². The Morgan fingerprint density at radius 3 is 2.48 bits per heavy atom. The number of allylic oxidation sites excluding steroid dienone is 1. The first-order valence-electron chi connectivity index (χ1n) is 10.6. The number of methoxy groups -OCH3 is 1. The smallest absolute Gasteiger partial charge is 0.337 e. The molecule has 2 aromatic carbocycles. The van der Waals surface area contributed by atoms with Crippen molar-refractivity contribution in [2.24, 2.45) is 0 Å². The molecule has 0 unspecified atom stereocenters. The topological polar surface area (TPSA) is 70.1 Å². The number of amides is 1. The Kier molecular flexibility index (Phi) is 6.20. The Hall–Kier alpha value is -2.96. The summed E-state index contributed by atoms with van der Waals surface area (Å²) in [5.74, 6) is -0.176. The van der Waals surface area contributed by atoms with E-state index < -0.39 is 0 Å². The summed E-state index contributed by atoms with van der Waals surface area (Å²) in [5.41, 5.74) is 3.85. The number of carbonyl (C=O) groups is 2. The van der Waals surface area contributed by atoms with Crippen molar-refractivity contribution in [1.29, 1.82) is 0 Å². The molecule has 2 saturated heterocycles. The minimum Gasteiger partial charge on any atom is -0.465 e. The summed E-state index contributed by atoms with van der Waals surface area (Å²) in [6.45, 7) is 3.68. The molecule has 1 amide bonds. The number of hydrogen-bond acceptors (Lipinski definition) is 5. The number of rotatable bonds is 6. The second-order valence-corrected chi connectivity index (χ2v) is 8.17. The van der Waals surface area contributed by atoms with Crippen LogP contribution in [0.3, 0.4) is 0 Å². The monoisotopic (exact) mass is 420 g/mol. The number of benzene rings is 2. The van der Waals surface area contributed by atoms with Gasteiger partial charge in [-0.1, -0.05) is 48.6 Å². The third-order valence-electron chi connectivity index (χ3n) is 6.28. The Morgan fingerprint density at radius 1 is 1.16 bits per heavy atom. The van der Waals surface area contributed by atoms with E-state index in [-0.39, 0.29) is 36.5 Å². The standard InChI is InChI=1S/C25H28N2O4/c1-3-4-17-5-9-19(10-6-17)24-21-14-26(15-23(29)27(21)22(24)16-28)13-18-7-11-20(12-8-18)25(30)31-2/h3-12,21-22,24,28H,13-16H2,1-2H3/b4-3+/t21-,22+,24-/m1/s1. The van der Waals surface area contributed by atoms with E-state index in [2.05, 4.69) is 35.2 Å². The largest absolute Gasteiger partial charge is 0.465 e. The first-order chi connectivity index (χ1) is 15.0. The van der Waals surface area contributed by atoms with Gasteiger partial charge in [0.1, 0.15) is 0 Å². The second kappa shape index (κ2) is 9.04. The molecule has 0 bridgehead atoms. The van der Waals surface area contributed by atoms with Gasteiger partial charge >= 0.3 is 5.97 Å². The molecule has 2 heterocycles. The molecule has 0 radical (unpaired) electrons. The number of esters is 1. The molecule has 6 nitrogen and oxygen atoms in total. The predicted octanol–water partition coefficient (Wildman–Crippen LogP) is 2.68. The third-order valence-corrected chi connectivity index (χ3v) is 6.28. The van der Waals surface area contributed by atoms with E-state index in [0.29, 0.717) is 18.7 Å². The summed E-state index contributed by atoms with van der Waals surface area (Å²) < 4.78 is 4.75. The lowest BCUT2D eigenvalue weighted by molar-refractivity contribution is -0.162. The van der Waals surface area contributed by atoms with Gasteiger partial charge in [-0.2, -0.15) is 0 Å². The number of aliphatic hydroxyl groups is 1. The molecule has 0 spiro atoms. The van der Waals surface area contributed by atoms with Gasteiger partial charge in [-0.05, 0) is 35.7 Å². The molecule has 2 fully saturated rings. The van der Waals surface area contributed by atoms with Crippen LogP contribution < -0.4 is 0 Å². The molecule has 6 heteroatoms. The van der Waals surface area contributed by atoms with Gasteiger partial charge in [0.15, 0.2) is 0 Å². The minimum atomic E-state index is -0.358. The van der Waals surface area contributed by atoms with Crippen LogP contribution in [0.4, 0.5) is 0 Å². The summed E-state index contributed by atoms with van der Waals surface area (Å²) in [6, 6.07) is 15.6. The second-order valence-electron chi connectivity index (χ2n) is 8.17. The van der Waals surface area contributed by atoms with Crippen molar-refractivity contribution in [1.82, 2.24) is 9.80 Å². The highest BCUT2D eigenvalue weighted by Gasteiger charge is 2.53. The molecular formula is C25H28N2O4. The molecule has 162 valence electrons. The van der Waals surface area contributed by atoms with Gasteiger partial charge in [0.25, 0.3) is 0 Å². The van der Waals surface area contributed by atoms with Crippen molar-refractivity contribution in [3.8, 4) is 0 Å². The summed E-state index contributed by atoms with van der Waals surface area (Å²) in [5, 5.41) is 9.95. The van der Waals surface area contributed by atoms with Crippen molar-refractivity contribution >= 4 is 18.0 Å². The Bertz CT molecular complexity index is 968. The summed E-state index contributed by atoms with van der Waals surface area (Å²) in [7, 11) is 1.37. The van der Waals surface area contributed by atoms with Crippen molar-refractivity contribution in [2.75, 3.05) is 26.8 Å². The van der Waals surface area contributed by atoms with Crippen LogP contribution in [0, 0.1) is 0 Å². The number of fused-ring (bicyclic) bond motifs is 1. The Balaban J connectivity index is 1.48. The molecule has 31 heavy (non-hydrogen) atoms. The SMILES string of the molecule is C/C=C/c1ccc([C@@H]2[C@H]3CN(Cc4ccc(C(=O)OC)cc4)CC(=O)N3[C@H]2CO)cc1. The molecule has 2 aliphatic heterocycles. The average Bonchev–Trinajstić information content (AvgIpc) is 2.77. The number of ether oxygens (including phenoxy) is 1. The van der Waals surface area contributed by atoms with Crippen LogP contribution >= 0.6 is 0 Å². The first kappa shape index (κ1) is 21.3. The fourth-order valence-corrected chi connectivity index (χ4v) is 4.83. The summed E-state index contributed by atoms with van der Waals surface area (Å²) >= 11 is 0.